The summed E-state index contributed by atoms with van der Waals surface area (Å²) in [6.45, 7) is 4.90. The van der Waals surface area contributed by atoms with Crippen LogP contribution in [0.15, 0.2) is 53.8 Å². The molecule has 0 spiro atoms. The van der Waals surface area contributed by atoms with E-state index in [-0.39, 0.29) is 11.7 Å². The number of carbonyl (C=O) groups is 1. The minimum atomic E-state index is -0.213. The highest BCUT2D eigenvalue weighted by Crippen LogP contribution is 2.26. The summed E-state index contributed by atoms with van der Waals surface area (Å²) in [7, 11) is 0. The first-order chi connectivity index (χ1) is 13.7. The standard InChI is InChI=1S/C21H23FN4OS/c1-2-28-21-16-8-10-26(18(16)7-9-23-21)15-20(27)25-13-11-24(12-14-25)19-6-4-3-5-17(19)22/h3-10H,2,11-15H2,1H3. The molecule has 1 amide bonds. The average Bonchev–Trinajstić information content (AvgIpc) is 3.13. The third-order valence-electron chi connectivity index (χ3n) is 5.07. The number of para-hydroxylation sites is 1. The second kappa shape index (κ2) is 8.22. The molecule has 28 heavy (non-hydrogen) atoms. The Kier molecular flexibility index (Phi) is 5.52. The molecule has 1 fully saturated rings. The number of anilines is 1. The Labute approximate surface area is 168 Å². The summed E-state index contributed by atoms with van der Waals surface area (Å²) in [6, 6.07) is 10.8. The molecule has 146 valence electrons. The van der Waals surface area contributed by atoms with Crippen LogP contribution in [0.5, 0.6) is 0 Å². The number of thioether (sulfide) groups is 1. The number of hydrogen-bond donors (Lipinski definition) is 0. The van der Waals surface area contributed by atoms with Crippen molar-refractivity contribution in [2.24, 2.45) is 0 Å². The summed E-state index contributed by atoms with van der Waals surface area (Å²) in [6.07, 6.45) is 3.76. The Bertz CT molecular complexity index is 981. The first-order valence-corrected chi connectivity index (χ1v) is 10.5. The highest BCUT2D eigenvalue weighted by Gasteiger charge is 2.23. The number of pyridine rings is 1. The lowest BCUT2D eigenvalue weighted by molar-refractivity contribution is -0.132. The maximum absolute atomic E-state index is 14.0. The SMILES string of the molecule is CCSc1nccc2c1ccn2CC(=O)N1CCN(c2ccccc2F)CC1. The van der Waals surface area contributed by atoms with Crippen LogP contribution in [0.2, 0.25) is 0 Å². The molecule has 4 rings (SSSR count). The van der Waals surface area contributed by atoms with Gasteiger partial charge in [0.15, 0.2) is 0 Å². The van der Waals surface area contributed by atoms with Crippen LogP contribution in [0.4, 0.5) is 10.1 Å². The monoisotopic (exact) mass is 398 g/mol. The Balaban J connectivity index is 1.42. The summed E-state index contributed by atoms with van der Waals surface area (Å²) in [5.74, 6) is 0.838. The number of aromatic nitrogens is 2. The number of halogens is 1. The molecule has 0 atom stereocenters. The molecule has 0 unspecified atom stereocenters. The van der Waals surface area contributed by atoms with E-state index in [0.29, 0.717) is 38.4 Å². The molecule has 0 saturated carbocycles. The van der Waals surface area contributed by atoms with Crippen molar-refractivity contribution in [3.8, 4) is 0 Å². The van der Waals surface area contributed by atoms with Crippen LogP contribution in [0.3, 0.4) is 0 Å². The van der Waals surface area contributed by atoms with Crippen LogP contribution in [0.25, 0.3) is 10.9 Å². The number of carbonyl (C=O) groups excluding carboxylic acids is 1. The third kappa shape index (κ3) is 3.71. The second-order valence-corrected chi connectivity index (χ2v) is 8.00. The zero-order valence-electron chi connectivity index (χ0n) is 15.8. The first kappa shape index (κ1) is 18.8. The van der Waals surface area contributed by atoms with Crippen molar-refractivity contribution in [1.29, 1.82) is 0 Å². The highest BCUT2D eigenvalue weighted by atomic mass is 32.2. The quantitative estimate of drug-likeness (QED) is 0.616. The van der Waals surface area contributed by atoms with Gasteiger partial charge in [0, 0.05) is 44.0 Å². The molecule has 0 aliphatic carbocycles. The summed E-state index contributed by atoms with van der Waals surface area (Å²) >= 11 is 1.71. The van der Waals surface area contributed by atoms with Gasteiger partial charge in [0.05, 0.1) is 11.2 Å². The van der Waals surface area contributed by atoms with Crippen molar-refractivity contribution >= 4 is 34.3 Å². The van der Waals surface area contributed by atoms with E-state index in [1.165, 1.54) is 6.07 Å². The van der Waals surface area contributed by atoms with Gasteiger partial charge in [-0.2, -0.15) is 0 Å². The maximum Gasteiger partial charge on any atom is 0.242 e. The minimum Gasteiger partial charge on any atom is -0.366 e. The second-order valence-electron chi connectivity index (χ2n) is 6.74. The summed E-state index contributed by atoms with van der Waals surface area (Å²) < 4.78 is 16.0. The Morgan fingerprint density at radius 1 is 1.14 bits per heavy atom. The molecule has 3 heterocycles. The zero-order chi connectivity index (χ0) is 19.5. The van der Waals surface area contributed by atoms with Gasteiger partial charge in [0.25, 0.3) is 0 Å². The molecule has 0 N–H and O–H groups in total. The molecule has 5 nitrogen and oxygen atoms in total. The number of piperazine rings is 1. The molecule has 7 heteroatoms. The number of hydrogen-bond acceptors (Lipinski definition) is 4. The van der Waals surface area contributed by atoms with Crippen molar-refractivity contribution in [3.63, 3.8) is 0 Å². The highest BCUT2D eigenvalue weighted by molar-refractivity contribution is 7.99. The van der Waals surface area contributed by atoms with Gasteiger partial charge < -0.3 is 14.4 Å². The summed E-state index contributed by atoms with van der Waals surface area (Å²) in [5.41, 5.74) is 1.64. The predicted molar refractivity (Wildman–Crippen MR) is 111 cm³/mol. The van der Waals surface area contributed by atoms with Gasteiger partial charge in [0.2, 0.25) is 5.91 Å². The number of fused-ring (bicyclic) bond motifs is 1. The van der Waals surface area contributed by atoms with Crippen molar-refractivity contribution in [1.82, 2.24) is 14.5 Å². The molecule has 0 bridgehead atoms. The van der Waals surface area contributed by atoms with Crippen LogP contribution >= 0.6 is 11.8 Å². The lowest BCUT2D eigenvalue weighted by Crippen LogP contribution is -2.49. The van der Waals surface area contributed by atoms with Crippen molar-refractivity contribution in [2.75, 3.05) is 36.8 Å². The van der Waals surface area contributed by atoms with E-state index in [2.05, 4.69) is 11.9 Å². The molecule has 1 saturated heterocycles. The summed E-state index contributed by atoms with van der Waals surface area (Å²) in [4.78, 5) is 21.1. The largest absolute Gasteiger partial charge is 0.366 e. The van der Waals surface area contributed by atoms with Crippen molar-refractivity contribution in [2.45, 2.75) is 18.5 Å². The molecular formula is C21H23FN4OS. The van der Waals surface area contributed by atoms with Gasteiger partial charge in [-0.15, -0.1) is 11.8 Å². The molecular weight excluding hydrogens is 375 g/mol. The minimum absolute atomic E-state index is 0.0900. The summed E-state index contributed by atoms with van der Waals surface area (Å²) in [5, 5.41) is 2.09. The van der Waals surface area contributed by atoms with Crippen LogP contribution in [0.1, 0.15) is 6.92 Å². The number of rotatable bonds is 5. The Hall–Kier alpha value is -2.54. The van der Waals surface area contributed by atoms with Crippen LogP contribution in [0, 0.1) is 5.82 Å². The predicted octanol–water partition coefficient (Wildman–Crippen LogP) is 3.64. The van der Waals surface area contributed by atoms with Crippen molar-refractivity contribution < 1.29 is 9.18 Å². The van der Waals surface area contributed by atoms with E-state index in [4.69, 9.17) is 0 Å². The van der Waals surface area contributed by atoms with E-state index in [0.717, 1.165) is 21.7 Å². The maximum atomic E-state index is 14.0. The van der Waals surface area contributed by atoms with Gasteiger partial charge in [-0.3, -0.25) is 4.79 Å². The first-order valence-electron chi connectivity index (χ1n) is 9.51. The lowest BCUT2D eigenvalue weighted by Gasteiger charge is -2.36. The molecule has 3 aromatic rings. The fourth-order valence-electron chi connectivity index (χ4n) is 3.64. The number of nitrogens with zero attached hydrogens (tertiary/aromatic N) is 4. The fourth-order valence-corrected chi connectivity index (χ4v) is 4.37. The normalized spacial score (nSPS) is 14.6. The van der Waals surface area contributed by atoms with Crippen LogP contribution in [-0.4, -0.2) is 52.3 Å². The van der Waals surface area contributed by atoms with E-state index in [1.54, 1.807) is 30.1 Å². The van der Waals surface area contributed by atoms with Gasteiger partial charge in [-0.05, 0) is 30.0 Å². The van der Waals surface area contributed by atoms with Crippen molar-refractivity contribution in [3.05, 3.63) is 54.6 Å². The fraction of sp³-hybridized carbons (Fsp3) is 0.333. The van der Waals surface area contributed by atoms with Gasteiger partial charge in [0.1, 0.15) is 17.4 Å². The van der Waals surface area contributed by atoms with Crippen LogP contribution < -0.4 is 4.90 Å². The average molecular weight is 399 g/mol. The topological polar surface area (TPSA) is 41.4 Å². The van der Waals surface area contributed by atoms with E-state index in [9.17, 15) is 9.18 Å². The molecule has 1 aliphatic heterocycles. The van der Waals surface area contributed by atoms with E-state index >= 15 is 0 Å². The molecule has 0 radical (unpaired) electrons. The molecule has 2 aromatic heterocycles. The van der Waals surface area contributed by atoms with Gasteiger partial charge >= 0.3 is 0 Å². The third-order valence-corrected chi connectivity index (χ3v) is 5.96. The molecule has 1 aliphatic rings. The lowest BCUT2D eigenvalue weighted by atomic mass is 10.2. The van der Waals surface area contributed by atoms with Crippen LogP contribution in [-0.2, 0) is 11.3 Å². The Morgan fingerprint density at radius 3 is 2.68 bits per heavy atom. The van der Waals surface area contributed by atoms with E-state index in [1.807, 2.05) is 38.8 Å². The van der Waals surface area contributed by atoms with Gasteiger partial charge in [-0.25, -0.2) is 9.37 Å². The number of amides is 1. The smallest absolute Gasteiger partial charge is 0.242 e. The zero-order valence-corrected chi connectivity index (χ0v) is 16.7. The Morgan fingerprint density at radius 2 is 1.93 bits per heavy atom. The van der Waals surface area contributed by atoms with Gasteiger partial charge in [-0.1, -0.05) is 19.1 Å². The molecule has 1 aromatic carbocycles. The van der Waals surface area contributed by atoms with E-state index < -0.39 is 0 Å². The number of benzene rings is 1.